The fourth-order valence-corrected chi connectivity index (χ4v) is 1.48. The second kappa shape index (κ2) is 4.64. The summed E-state index contributed by atoms with van der Waals surface area (Å²) in [5, 5.41) is 3.59. The van der Waals surface area contributed by atoms with Gasteiger partial charge in [0.25, 0.3) is 0 Å². The molecule has 0 aliphatic rings. The van der Waals surface area contributed by atoms with Crippen LogP contribution in [0.15, 0.2) is 24.3 Å². The van der Waals surface area contributed by atoms with Crippen molar-refractivity contribution in [3.05, 3.63) is 34.9 Å². The van der Waals surface area contributed by atoms with E-state index in [2.05, 4.69) is 5.32 Å². The van der Waals surface area contributed by atoms with Crippen LogP contribution in [0.5, 0.6) is 0 Å². The molecule has 1 aromatic carbocycles. The Morgan fingerprint density at radius 3 is 2.33 bits per heavy atom. The Kier molecular flexibility index (Phi) is 3.72. The molecule has 1 atom stereocenters. The number of esters is 1. The molecule has 1 aromatic rings. The van der Waals surface area contributed by atoms with Gasteiger partial charge >= 0.3 is 5.97 Å². The van der Waals surface area contributed by atoms with Crippen molar-refractivity contribution in [2.75, 3.05) is 14.2 Å². The number of benzene rings is 1. The minimum absolute atomic E-state index is 0.327. The van der Waals surface area contributed by atoms with E-state index < -0.39 is 5.54 Å². The van der Waals surface area contributed by atoms with E-state index in [9.17, 15) is 4.79 Å². The molecular weight excluding hydrogens is 214 g/mol. The molecule has 82 valence electrons. The average Bonchev–Trinajstić information content (AvgIpc) is 2.27. The molecule has 0 radical (unpaired) electrons. The Labute approximate surface area is 94.4 Å². The van der Waals surface area contributed by atoms with Crippen molar-refractivity contribution in [2.45, 2.75) is 12.5 Å². The van der Waals surface area contributed by atoms with Gasteiger partial charge in [-0.25, -0.2) is 4.79 Å². The van der Waals surface area contributed by atoms with Gasteiger partial charge in [0.2, 0.25) is 0 Å². The van der Waals surface area contributed by atoms with E-state index in [4.69, 9.17) is 16.3 Å². The van der Waals surface area contributed by atoms with Crippen LogP contribution in [-0.2, 0) is 15.1 Å². The fraction of sp³-hybridized carbons (Fsp3) is 0.364. The third-order valence-corrected chi connectivity index (χ3v) is 2.77. The lowest BCUT2D eigenvalue weighted by Crippen LogP contribution is -2.45. The average molecular weight is 228 g/mol. The zero-order valence-electron chi connectivity index (χ0n) is 9.00. The number of carbonyl (C=O) groups excluding carboxylic acids is 1. The van der Waals surface area contributed by atoms with Crippen LogP contribution in [0, 0.1) is 0 Å². The molecule has 15 heavy (non-hydrogen) atoms. The minimum atomic E-state index is -0.834. The molecule has 0 amide bonds. The molecule has 1 rings (SSSR count). The van der Waals surface area contributed by atoms with E-state index in [-0.39, 0.29) is 5.97 Å². The van der Waals surface area contributed by atoms with E-state index >= 15 is 0 Å². The van der Waals surface area contributed by atoms with E-state index in [1.54, 1.807) is 38.2 Å². The fourth-order valence-electron chi connectivity index (χ4n) is 1.35. The summed E-state index contributed by atoms with van der Waals surface area (Å²) in [6.45, 7) is 1.77. The molecule has 0 bridgehead atoms. The SMILES string of the molecule is CNC(C)(C(=O)OC)c1ccc(Cl)cc1. The predicted molar refractivity (Wildman–Crippen MR) is 59.9 cm³/mol. The Morgan fingerprint density at radius 2 is 1.93 bits per heavy atom. The molecule has 1 N–H and O–H groups in total. The van der Waals surface area contributed by atoms with Gasteiger partial charge in [0.1, 0.15) is 5.54 Å². The summed E-state index contributed by atoms with van der Waals surface area (Å²) in [7, 11) is 3.08. The summed E-state index contributed by atoms with van der Waals surface area (Å²) in [5.41, 5.74) is -0.0134. The molecule has 0 saturated carbocycles. The number of ether oxygens (including phenoxy) is 1. The predicted octanol–water partition coefficient (Wildman–Crippen LogP) is 1.95. The molecule has 0 spiro atoms. The van der Waals surface area contributed by atoms with Crippen LogP contribution >= 0.6 is 11.6 Å². The summed E-state index contributed by atoms with van der Waals surface area (Å²) >= 11 is 5.78. The van der Waals surface area contributed by atoms with Crippen molar-refractivity contribution in [3.63, 3.8) is 0 Å². The van der Waals surface area contributed by atoms with Crippen molar-refractivity contribution in [1.29, 1.82) is 0 Å². The Morgan fingerprint density at radius 1 is 1.40 bits per heavy atom. The van der Waals surface area contributed by atoms with Gasteiger partial charge in [-0.2, -0.15) is 0 Å². The zero-order chi connectivity index (χ0) is 11.5. The van der Waals surface area contributed by atoms with Gasteiger partial charge in [0, 0.05) is 5.02 Å². The van der Waals surface area contributed by atoms with Crippen molar-refractivity contribution >= 4 is 17.6 Å². The van der Waals surface area contributed by atoms with Gasteiger partial charge in [0.05, 0.1) is 7.11 Å². The van der Waals surface area contributed by atoms with Crippen LogP contribution < -0.4 is 5.32 Å². The highest BCUT2D eigenvalue weighted by Gasteiger charge is 2.34. The molecule has 0 fully saturated rings. The molecule has 0 saturated heterocycles. The second-order valence-electron chi connectivity index (χ2n) is 3.37. The second-order valence-corrected chi connectivity index (χ2v) is 3.81. The highest BCUT2D eigenvalue weighted by Crippen LogP contribution is 2.23. The number of methoxy groups -OCH3 is 1. The van der Waals surface area contributed by atoms with E-state index in [1.807, 2.05) is 0 Å². The Hall–Kier alpha value is -1.06. The van der Waals surface area contributed by atoms with Crippen molar-refractivity contribution < 1.29 is 9.53 Å². The van der Waals surface area contributed by atoms with E-state index in [1.165, 1.54) is 7.11 Å². The number of hydrogen-bond acceptors (Lipinski definition) is 3. The Balaban J connectivity index is 3.11. The first-order valence-electron chi connectivity index (χ1n) is 4.58. The van der Waals surface area contributed by atoms with Crippen molar-refractivity contribution in [1.82, 2.24) is 5.32 Å². The first kappa shape index (κ1) is 12.0. The van der Waals surface area contributed by atoms with Crippen molar-refractivity contribution in [3.8, 4) is 0 Å². The van der Waals surface area contributed by atoms with Gasteiger partial charge in [-0.3, -0.25) is 0 Å². The van der Waals surface area contributed by atoms with Crippen molar-refractivity contribution in [2.24, 2.45) is 0 Å². The molecule has 3 nitrogen and oxygen atoms in total. The van der Waals surface area contributed by atoms with E-state index in [0.29, 0.717) is 5.02 Å². The molecule has 0 heterocycles. The normalized spacial score (nSPS) is 14.4. The molecule has 1 unspecified atom stereocenters. The molecule has 0 aliphatic carbocycles. The zero-order valence-corrected chi connectivity index (χ0v) is 9.76. The van der Waals surface area contributed by atoms with Crippen LogP contribution in [0.4, 0.5) is 0 Å². The summed E-state index contributed by atoms with van der Waals surface area (Å²) < 4.78 is 4.76. The largest absolute Gasteiger partial charge is 0.467 e. The number of carbonyl (C=O) groups is 1. The van der Waals surface area contributed by atoms with Gasteiger partial charge in [-0.15, -0.1) is 0 Å². The van der Waals surface area contributed by atoms with Crippen LogP contribution in [0.3, 0.4) is 0 Å². The Bertz CT molecular complexity index is 350. The summed E-state index contributed by atoms with van der Waals surface area (Å²) in [4.78, 5) is 11.6. The third kappa shape index (κ3) is 2.30. The highest BCUT2D eigenvalue weighted by atomic mass is 35.5. The monoisotopic (exact) mass is 227 g/mol. The lowest BCUT2D eigenvalue weighted by atomic mass is 9.92. The van der Waals surface area contributed by atoms with Crippen LogP contribution in [0.2, 0.25) is 5.02 Å². The number of halogens is 1. The molecule has 4 heteroatoms. The lowest BCUT2D eigenvalue weighted by molar-refractivity contribution is -0.148. The third-order valence-electron chi connectivity index (χ3n) is 2.52. The van der Waals surface area contributed by atoms with E-state index in [0.717, 1.165) is 5.56 Å². The van der Waals surface area contributed by atoms with Gasteiger partial charge < -0.3 is 10.1 Å². The molecule has 0 aromatic heterocycles. The maximum absolute atomic E-state index is 11.6. The minimum Gasteiger partial charge on any atom is -0.467 e. The smallest absolute Gasteiger partial charge is 0.330 e. The number of hydrogen-bond donors (Lipinski definition) is 1. The quantitative estimate of drug-likeness (QED) is 0.803. The van der Waals surface area contributed by atoms with Gasteiger partial charge in [0.15, 0.2) is 0 Å². The van der Waals surface area contributed by atoms with Crippen LogP contribution in [0.25, 0.3) is 0 Å². The van der Waals surface area contributed by atoms with Crippen LogP contribution in [0.1, 0.15) is 12.5 Å². The maximum Gasteiger partial charge on any atom is 0.330 e. The highest BCUT2D eigenvalue weighted by molar-refractivity contribution is 6.30. The topological polar surface area (TPSA) is 38.3 Å². The van der Waals surface area contributed by atoms with Gasteiger partial charge in [-0.1, -0.05) is 23.7 Å². The number of nitrogens with one attached hydrogen (secondary N) is 1. The molecule has 0 aliphatic heterocycles. The van der Waals surface area contributed by atoms with Crippen LogP contribution in [-0.4, -0.2) is 20.1 Å². The maximum atomic E-state index is 11.6. The number of likely N-dealkylation sites (N-methyl/N-ethyl adjacent to an activating group) is 1. The summed E-state index contributed by atoms with van der Waals surface area (Å²) in [6.07, 6.45) is 0. The summed E-state index contributed by atoms with van der Waals surface area (Å²) in [6, 6.07) is 7.09. The van der Waals surface area contributed by atoms with Gasteiger partial charge in [-0.05, 0) is 31.7 Å². The standard InChI is InChI=1S/C11H14ClNO2/c1-11(13-2,10(14)15-3)8-4-6-9(12)7-5-8/h4-7,13H,1-3H3. The first-order valence-corrected chi connectivity index (χ1v) is 4.95. The first-order chi connectivity index (χ1) is 7.04. The number of rotatable bonds is 3. The summed E-state index contributed by atoms with van der Waals surface area (Å²) in [5.74, 6) is -0.327. The molecular formula is C11H14ClNO2. The lowest BCUT2D eigenvalue weighted by Gasteiger charge is -2.26.